The summed E-state index contributed by atoms with van der Waals surface area (Å²) in [5.74, 6) is -0.822. The number of nitrogens with zero attached hydrogens (tertiary/aromatic N) is 1. The Kier molecular flexibility index (Phi) is 5.76. The number of aliphatic carboxylic acids is 1. The number of anilines is 1. The lowest BCUT2D eigenvalue weighted by atomic mass is 10.1. The number of carbonyl (C=O) groups is 1. The third-order valence-electron chi connectivity index (χ3n) is 2.75. The fourth-order valence-corrected chi connectivity index (χ4v) is 2.19. The van der Waals surface area contributed by atoms with Gasteiger partial charge in [-0.05, 0) is 31.0 Å². The largest absolute Gasteiger partial charge is 0.480 e. The standard InChI is InChI=1S/C13H17Cl2NO2/c1-3-7-16(12(4-2)13(17)18)9-5-6-10(14)11(15)8-9/h5-6,8,12H,3-4,7H2,1-2H3,(H,17,18)/t12-/m0/s1. The lowest BCUT2D eigenvalue weighted by Gasteiger charge is -2.30. The van der Waals surface area contributed by atoms with Gasteiger partial charge in [0.2, 0.25) is 0 Å². The van der Waals surface area contributed by atoms with Crippen LogP contribution in [0.2, 0.25) is 10.0 Å². The molecule has 1 aromatic rings. The van der Waals surface area contributed by atoms with E-state index in [-0.39, 0.29) is 0 Å². The van der Waals surface area contributed by atoms with Gasteiger partial charge in [-0.3, -0.25) is 0 Å². The van der Waals surface area contributed by atoms with E-state index in [4.69, 9.17) is 23.2 Å². The number of rotatable bonds is 6. The molecule has 0 aromatic heterocycles. The molecule has 1 N–H and O–H groups in total. The maximum Gasteiger partial charge on any atom is 0.326 e. The van der Waals surface area contributed by atoms with E-state index in [0.717, 1.165) is 12.1 Å². The van der Waals surface area contributed by atoms with Gasteiger partial charge in [-0.2, -0.15) is 0 Å². The Bertz CT molecular complexity index is 423. The first-order valence-corrected chi connectivity index (χ1v) is 6.71. The molecule has 0 amide bonds. The van der Waals surface area contributed by atoms with Gasteiger partial charge in [0.05, 0.1) is 10.0 Å². The lowest BCUT2D eigenvalue weighted by molar-refractivity contribution is -0.138. The maximum absolute atomic E-state index is 11.3. The van der Waals surface area contributed by atoms with Gasteiger partial charge in [0, 0.05) is 12.2 Å². The number of benzene rings is 1. The van der Waals surface area contributed by atoms with E-state index < -0.39 is 12.0 Å². The van der Waals surface area contributed by atoms with Crippen LogP contribution in [0.5, 0.6) is 0 Å². The zero-order chi connectivity index (χ0) is 13.7. The minimum atomic E-state index is -0.822. The van der Waals surface area contributed by atoms with Crippen LogP contribution in [0.25, 0.3) is 0 Å². The Hall–Kier alpha value is -0.930. The molecular formula is C13H17Cl2NO2. The van der Waals surface area contributed by atoms with Crippen LogP contribution in [0.3, 0.4) is 0 Å². The number of carboxylic acids is 1. The topological polar surface area (TPSA) is 40.5 Å². The predicted molar refractivity (Wildman–Crippen MR) is 75.8 cm³/mol. The summed E-state index contributed by atoms with van der Waals surface area (Å²) in [4.78, 5) is 13.1. The molecule has 0 saturated heterocycles. The third kappa shape index (κ3) is 3.53. The van der Waals surface area contributed by atoms with Crippen molar-refractivity contribution in [2.45, 2.75) is 32.7 Å². The van der Waals surface area contributed by atoms with E-state index in [1.807, 2.05) is 18.7 Å². The van der Waals surface area contributed by atoms with E-state index >= 15 is 0 Å². The molecule has 0 bridgehead atoms. The Morgan fingerprint density at radius 2 is 2.00 bits per heavy atom. The van der Waals surface area contributed by atoms with Gasteiger partial charge in [-0.15, -0.1) is 0 Å². The highest BCUT2D eigenvalue weighted by Crippen LogP contribution is 2.28. The monoisotopic (exact) mass is 289 g/mol. The number of carboxylic acid groups (broad SMARTS) is 1. The molecular weight excluding hydrogens is 273 g/mol. The highest BCUT2D eigenvalue weighted by molar-refractivity contribution is 6.42. The summed E-state index contributed by atoms with van der Waals surface area (Å²) in [5, 5.41) is 10.2. The van der Waals surface area contributed by atoms with Crippen molar-refractivity contribution in [3.63, 3.8) is 0 Å². The molecule has 3 nitrogen and oxygen atoms in total. The molecule has 18 heavy (non-hydrogen) atoms. The molecule has 0 saturated carbocycles. The molecule has 0 aliphatic rings. The lowest BCUT2D eigenvalue weighted by Crippen LogP contribution is -2.41. The van der Waals surface area contributed by atoms with Crippen molar-refractivity contribution in [3.8, 4) is 0 Å². The quantitative estimate of drug-likeness (QED) is 0.858. The normalized spacial score (nSPS) is 12.2. The van der Waals surface area contributed by atoms with Crippen molar-refractivity contribution in [1.82, 2.24) is 0 Å². The summed E-state index contributed by atoms with van der Waals surface area (Å²) in [6.07, 6.45) is 1.40. The van der Waals surface area contributed by atoms with Gasteiger partial charge in [-0.1, -0.05) is 37.0 Å². The van der Waals surface area contributed by atoms with Crippen molar-refractivity contribution in [3.05, 3.63) is 28.2 Å². The summed E-state index contributed by atoms with van der Waals surface area (Å²) >= 11 is 11.9. The summed E-state index contributed by atoms with van der Waals surface area (Å²) < 4.78 is 0. The molecule has 5 heteroatoms. The van der Waals surface area contributed by atoms with Gasteiger partial charge in [0.15, 0.2) is 0 Å². The molecule has 0 fully saturated rings. The van der Waals surface area contributed by atoms with Crippen molar-refractivity contribution in [2.24, 2.45) is 0 Å². The molecule has 0 radical (unpaired) electrons. The minimum absolute atomic E-state index is 0.440. The SMILES string of the molecule is CCCN(c1ccc(Cl)c(Cl)c1)[C@@H](CC)C(=O)O. The summed E-state index contributed by atoms with van der Waals surface area (Å²) in [6.45, 7) is 4.54. The zero-order valence-electron chi connectivity index (χ0n) is 10.5. The van der Waals surface area contributed by atoms with Crippen LogP contribution in [0.1, 0.15) is 26.7 Å². The Morgan fingerprint density at radius 3 is 2.44 bits per heavy atom. The highest BCUT2D eigenvalue weighted by Gasteiger charge is 2.23. The second kappa shape index (κ2) is 6.86. The fourth-order valence-electron chi connectivity index (χ4n) is 1.90. The smallest absolute Gasteiger partial charge is 0.326 e. The summed E-state index contributed by atoms with van der Waals surface area (Å²) in [6, 6.07) is 4.67. The molecule has 100 valence electrons. The van der Waals surface area contributed by atoms with Crippen molar-refractivity contribution >= 4 is 34.9 Å². The minimum Gasteiger partial charge on any atom is -0.480 e. The van der Waals surface area contributed by atoms with E-state index in [2.05, 4.69) is 0 Å². The van der Waals surface area contributed by atoms with Gasteiger partial charge in [0.1, 0.15) is 6.04 Å². The number of hydrogen-bond acceptors (Lipinski definition) is 2. The molecule has 1 rings (SSSR count). The van der Waals surface area contributed by atoms with Crippen LogP contribution in [-0.4, -0.2) is 23.7 Å². The predicted octanol–water partition coefficient (Wildman–Crippen LogP) is 4.07. The van der Waals surface area contributed by atoms with Crippen LogP contribution in [0, 0.1) is 0 Å². The Morgan fingerprint density at radius 1 is 1.33 bits per heavy atom. The zero-order valence-corrected chi connectivity index (χ0v) is 12.0. The number of halogens is 2. The van der Waals surface area contributed by atoms with Gasteiger partial charge < -0.3 is 10.0 Å². The number of hydrogen-bond donors (Lipinski definition) is 1. The van der Waals surface area contributed by atoms with Gasteiger partial charge >= 0.3 is 5.97 Å². The Labute approximate surface area is 117 Å². The highest BCUT2D eigenvalue weighted by atomic mass is 35.5. The molecule has 1 atom stereocenters. The van der Waals surface area contributed by atoms with Crippen LogP contribution < -0.4 is 4.90 Å². The van der Waals surface area contributed by atoms with E-state index in [1.165, 1.54) is 0 Å². The first-order valence-electron chi connectivity index (χ1n) is 5.95. The summed E-state index contributed by atoms with van der Waals surface area (Å²) in [7, 11) is 0. The van der Waals surface area contributed by atoms with E-state index in [1.54, 1.807) is 18.2 Å². The average Bonchev–Trinajstić information content (AvgIpc) is 2.32. The van der Waals surface area contributed by atoms with E-state index in [0.29, 0.717) is 23.0 Å². The second-order valence-corrected chi connectivity index (χ2v) is 4.87. The first-order chi connectivity index (χ1) is 8.51. The molecule has 0 aliphatic heterocycles. The average molecular weight is 290 g/mol. The summed E-state index contributed by atoms with van der Waals surface area (Å²) in [5.41, 5.74) is 0.792. The molecule has 0 heterocycles. The molecule has 0 unspecified atom stereocenters. The molecule has 1 aromatic carbocycles. The van der Waals surface area contributed by atoms with Crippen LogP contribution >= 0.6 is 23.2 Å². The fraction of sp³-hybridized carbons (Fsp3) is 0.462. The van der Waals surface area contributed by atoms with E-state index in [9.17, 15) is 9.90 Å². The van der Waals surface area contributed by atoms with Crippen molar-refractivity contribution < 1.29 is 9.90 Å². The van der Waals surface area contributed by atoms with Crippen LogP contribution in [0.15, 0.2) is 18.2 Å². The van der Waals surface area contributed by atoms with Crippen molar-refractivity contribution in [2.75, 3.05) is 11.4 Å². The van der Waals surface area contributed by atoms with Crippen molar-refractivity contribution in [1.29, 1.82) is 0 Å². The Balaban J connectivity index is 3.10. The van der Waals surface area contributed by atoms with Crippen LogP contribution in [-0.2, 0) is 4.79 Å². The third-order valence-corrected chi connectivity index (χ3v) is 3.49. The first kappa shape index (κ1) is 15.1. The van der Waals surface area contributed by atoms with Crippen LogP contribution in [0.4, 0.5) is 5.69 Å². The second-order valence-electron chi connectivity index (χ2n) is 4.05. The van der Waals surface area contributed by atoms with Gasteiger partial charge in [-0.25, -0.2) is 4.79 Å². The molecule has 0 aliphatic carbocycles. The maximum atomic E-state index is 11.3. The van der Waals surface area contributed by atoms with Gasteiger partial charge in [0.25, 0.3) is 0 Å². The molecule has 0 spiro atoms.